The molecule has 0 saturated heterocycles. The third kappa shape index (κ3) is 2.82. The van der Waals surface area contributed by atoms with Gasteiger partial charge in [0.05, 0.1) is 12.3 Å². The van der Waals surface area contributed by atoms with Crippen molar-refractivity contribution in [2.75, 3.05) is 18.4 Å². The summed E-state index contributed by atoms with van der Waals surface area (Å²) in [7, 11) is 0. The van der Waals surface area contributed by atoms with Crippen molar-refractivity contribution in [1.29, 1.82) is 0 Å². The minimum absolute atomic E-state index is 0.815. The molecule has 1 aromatic carbocycles. The normalized spacial score (nSPS) is 16.7. The maximum Gasteiger partial charge on any atom is 0.0700 e. The van der Waals surface area contributed by atoms with Crippen LogP contribution >= 0.6 is 0 Å². The summed E-state index contributed by atoms with van der Waals surface area (Å²) in [6.45, 7) is 1.70. The number of hydrogen-bond acceptors (Lipinski definition) is 3. The van der Waals surface area contributed by atoms with Crippen LogP contribution in [0.5, 0.6) is 0 Å². The Labute approximate surface area is 136 Å². The van der Waals surface area contributed by atoms with E-state index in [0.29, 0.717) is 0 Å². The van der Waals surface area contributed by atoms with Gasteiger partial charge >= 0.3 is 0 Å². The Bertz CT molecular complexity index is 801. The largest absolute Gasteiger partial charge is 0.383 e. The lowest BCUT2D eigenvalue weighted by molar-refractivity contribution is 0.990. The summed E-state index contributed by atoms with van der Waals surface area (Å²) in [6, 6.07) is 10.7. The van der Waals surface area contributed by atoms with Gasteiger partial charge in [-0.05, 0) is 53.8 Å². The molecule has 4 rings (SSSR count). The molecule has 0 saturated carbocycles. The third-order valence-corrected chi connectivity index (χ3v) is 4.30. The minimum Gasteiger partial charge on any atom is -0.383 e. The number of hydrogen-bond donors (Lipinski definition) is 1. The Morgan fingerprint density at radius 1 is 1.00 bits per heavy atom. The number of anilines is 1. The molecule has 0 atom stereocenters. The zero-order valence-corrected chi connectivity index (χ0v) is 13.0. The summed E-state index contributed by atoms with van der Waals surface area (Å²) in [4.78, 5) is 8.97. The highest BCUT2D eigenvalue weighted by Crippen LogP contribution is 2.30. The van der Waals surface area contributed by atoms with E-state index in [0.717, 1.165) is 31.6 Å². The van der Waals surface area contributed by atoms with Gasteiger partial charge in [-0.1, -0.05) is 24.3 Å². The summed E-state index contributed by atoms with van der Waals surface area (Å²) in [5.41, 5.74) is 7.25. The lowest BCUT2D eigenvalue weighted by atomic mass is 9.92. The third-order valence-electron chi connectivity index (χ3n) is 4.30. The van der Waals surface area contributed by atoms with Gasteiger partial charge in [-0.3, -0.25) is 9.98 Å². The van der Waals surface area contributed by atoms with Crippen LogP contribution in [0.1, 0.15) is 18.4 Å². The van der Waals surface area contributed by atoms with Gasteiger partial charge in [0, 0.05) is 30.2 Å². The highest BCUT2D eigenvalue weighted by Gasteiger charge is 2.17. The first-order chi connectivity index (χ1) is 11.4. The zero-order chi connectivity index (χ0) is 15.5. The maximum absolute atomic E-state index is 4.86. The van der Waals surface area contributed by atoms with Crippen LogP contribution in [0, 0.1) is 0 Å². The van der Waals surface area contributed by atoms with Gasteiger partial charge in [0.1, 0.15) is 0 Å². The van der Waals surface area contributed by atoms with Gasteiger partial charge < -0.3 is 5.32 Å². The fourth-order valence-corrected chi connectivity index (χ4v) is 3.14. The molecule has 2 heterocycles. The van der Waals surface area contributed by atoms with Crippen molar-refractivity contribution in [1.82, 2.24) is 4.98 Å². The molecule has 1 aromatic heterocycles. The Morgan fingerprint density at radius 3 is 2.74 bits per heavy atom. The predicted octanol–water partition coefficient (Wildman–Crippen LogP) is 4.24. The van der Waals surface area contributed by atoms with Crippen molar-refractivity contribution in [3.8, 4) is 11.1 Å². The van der Waals surface area contributed by atoms with Crippen molar-refractivity contribution in [2.24, 2.45) is 4.99 Å². The van der Waals surface area contributed by atoms with Crippen LogP contribution in [0.3, 0.4) is 0 Å². The standard InChI is InChI=1S/C20H19N3/c1-2-4-16(5-3-1)20-18-14-17(15-8-10-21-11-9-15)6-7-19(18)22-12-13-23-20/h1-2,4,6-11,14,22H,3,5,12-13H2. The summed E-state index contributed by atoms with van der Waals surface area (Å²) < 4.78 is 0. The number of fused-ring (bicyclic) bond motifs is 1. The fraction of sp³-hybridized carbons (Fsp3) is 0.200. The number of allylic oxidation sites excluding steroid dienone is 4. The highest BCUT2D eigenvalue weighted by molar-refractivity contribution is 6.16. The van der Waals surface area contributed by atoms with E-state index in [9.17, 15) is 0 Å². The first kappa shape index (κ1) is 13.9. The van der Waals surface area contributed by atoms with Crippen LogP contribution < -0.4 is 5.32 Å². The van der Waals surface area contributed by atoms with E-state index >= 15 is 0 Å². The summed E-state index contributed by atoms with van der Waals surface area (Å²) >= 11 is 0. The quantitative estimate of drug-likeness (QED) is 0.901. The van der Waals surface area contributed by atoms with Crippen LogP contribution in [0.4, 0.5) is 5.69 Å². The smallest absolute Gasteiger partial charge is 0.0700 e. The highest BCUT2D eigenvalue weighted by atomic mass is 14.9. The van der Waals surface area contributed by atoms with E-state index in [4.69, 9.17) is 4.99 Å². The molecule has 0 spiro atoms. The molecule has 23 heavy (non-hydrogen) atoms. The Balaban J connectivity index is 1.82. The summed E-state index contributed by atoms with van der Waals surface area (Å²) in [5.74, 6) is 0. The number of aromatic nitrogens is 1. The van der Waals surface area contributed by atoms with Crippen molar-refractivity contribution in [3.63, 3.8) is 0 Å². The minimum atomic E-state index is 0.815. The molecule has 3 nitrogen and oxygen atoms in total. The molecule has 0 unspecified atom stereocenters. The van der Waals surface area contributed by atoms with Crippen molar-refractivity contribution in [2.45, 2.75) is 12.8 Å². The first-order valence-electron chi connectivity index (χ1n) is 8.11. The fourth-order valence-electron chi connectivity index (χ4n) is 3.14. The van der Waals surface area contributed by atoms with Gasteiger partial charge in [0.25, 0.3) is 0 Å². The first-order valence-corrected chi connectivity index (χ1v) is 8.11. The van der Waals surface area contributed by atoms with E-state index in [1.54, 1.807) is 0 Å². The van der Waals surface area contributed by atoms with E-state index in [1.165, 1.54) is 28.0 Å². The molecule has 0 fully saturated rings. The maximum atomic E-state index is 4.86. The van der Waals surface area contributed by atoms with Gasteiger partial charge in [-0.25, -0.2) is 0 Å². The van der Waals surface area contributed by atoms with Crippen molar-refractivity contribution >= 4 is 11.4 Å². The number of benzene rings is 1. The summed E-state index contributed by atoms with van der Waals surface area (Å²) in [5, 5.41) is 3.50. The predicted molar refractivity (Wildman–Crippen MR) is 96.0 cm³/mol. The molecule has 0 bridgehead atoms. The molecule has 1 aliphatic heterocycles. The number of pyridine rings is 1. The van der Waals surface area contributed by atoms with E-state index < -0.39 is 0 Å². The molecule has 2 aromatic rings. The Hall–Kier alpha value is -2.68. The Morgan fingerprint density at radius 2 is 1.91 bits per heavy atom. The topological polar surface area (TPSA) is 37.3 Å². The molecule has 3 heteroatoms. The van der Waals surface area contributed by atoms with Crippen LogP contribution in [0.2, 0.25) is 0 Å². The number of rotatable bonds is 2. The monoisotopic (exact) mass is 301 g/mol. The van der Waals surface area contributed by atoms with Crippen LogP contribution in [-0.2, 0) is 0 Å². The van der Waals surface area contributed by atoms with Crippen molar-refractivity contribution in [3.05, 3.63) is 72.1 Å². The average molecular weight is 301 g/mol. The van der Waals surface area contributed by atoms with Crippen LogP contribution in [-0.4, -0.2) is 23.8 Å². The van der Waals surface area contributed by atoms with Crippen molar-refractivity contribution < 1.29 is 0 Å². The number of benzodiazepines with no additional fused rings is 1. The molecular weight excluding hydrogens is 282 g/mol. The average Bonchev–Trinajstić information content (AvgIpc) is 2.85. The van der Waals surface area contributed by atoms with E-state index in [2.05, 4.69) is 46.7 Å². The van der Waals surface area contributed by atoms with Gasteiger partial charge in [0.2, 0.25) is 0 Å². The van der Waals surface area contributed by atoms with Crippen LogP contribution in [0.15, 0.2) is 71.5 Å². The second-order valence-corrected chi connectivity index (χ2v) is 5.81. The van der Waals surface area contributed by atoms with Crippen LogP contribution in [0.25, 0.3) is 11.1 Å². The molecule has 114 valence electrons. The molecule has 1 N–H and O–H groups in total. The lowest BCUT2D eigenvalue weighted by Gasteiger charge is -2.16. The zero-order valence-electron chi connectivity index (χ0n) is 13.0. The van der Waals surface area contributed by atoms with E-state index in [-0.39, 0.29) is 0 Å². The molecule has 1 aliphatic carbocycles. The van der Waals surface area contributed by atoms with E-state index in [1.807, 2.05) is 24.5 Å². The molecule has 2 aliphatic rings. The van der Waals surface area contributed by atoms with Gasteiger partial charge in [-0.15, -0.1) is 0 Å². The SMILES string of the molecule is C1=CCCC(C2=NCCNc3ccc(-c4ccncc4)cc32)=C1. The Kier molecular flexibility index (Phi) is 3.76. The number of aliphatic imine (C=N–C) groups is 1. The number of nitrogens with zero attached hydrogens (tertiary/aromatic N) is 2. The second kappa shape index (κ2) is 6.21. The molecule has 0 amide bonds. The lowest BCUT2D eigenvalue weighted by Crippen LogP contribution is -2.08. The molecular formula is C20H19N3. The second-order valence-electron chi connectivity index (χ2n) is 5.81. The van der Waals surface area contributed by atoms with Gasteiger partial charge in [-0.2, -0.15) is 0 Å². The van der Waals surface area contributed by atoms with Gasteiger partial charge in [0.15, 0.2) is 0 Å². The summed E-state index contributed by atoms with van der Waals surface area (Å²) in [6.07, 6.45) is 12.4. The number of nitrogens with one attached hydrogen (secondary N) is 1. The molecule has 0 radical (unpaired) electrons.